The molecule has 0 aliphatic rings. The van der Waals surface area contributed by atoms with Gasteiger partial charge in [0, 0.05) is 0 Å². The van der Waals surface area contributed by atoms with Crippen LogP contribution in [0.25, 0.3) is 0 Å². The van der Waals surface area contributed by atoms with Crippen LogP contribution >= 0.6 is 0 Å². The van der Waals surface area contributed by atoms with Crippen molar-refractivity contribution in [2.24, 2.45) is 0 Å². The fraction of sp³-hybridized carbons (Fsp3) is 1.00. The van der Waals surface area contributed by atoms with E-state index < -0.39 is 0 Å². The monoisotopic (exact) mass is 383 g/mol. The fourth-order valence-electron chi connectivity index (χ4n) is 3.81. The van der Waals surface area contributed by atoms with Crippen molar-refractivity contribution in [3.05, 3.63) is 0 Å². The summed E-state index contributed by atoms with van der Waals surface area (Å²) >= 11 is 0. The first-order chi connectivity index (χ1) is 13.3. The standard InChI is InChI=1S/C25H53NO/c1-3-5-7-9-10-11-12-13-14-15-16-17-18-19-21-23-25(27)26-24-22-20-8-6-4-2/h25-27H,3-24H2,1-2H3. The Morgan fingerprint density at radius 3 is 1.22 bits per heavy atom. The molecule has 0 bridgehead atoms. The van der Waals surface area contributed by atoms with Crippen molar-refractivity contribution in [1.82, 2.24) is 5.32 Å². The zero-order valence-corrected chi connectivity index (χ0v) is 19.1. The lowest BCUT2D eigenvalue weighted by molar-refractivity contribution is 0.124. The van der Waals surface area contributed by atoms with Crippen LogP contribution < -0.4 is 5.32 Å². The summed E-state index contributed by atoms with van der Waals surface area (Å²) in [5, 5.41) is 13.2. The Kier molecular flexibility index (Phi) is 23.9. The second kappa shape index (κ2) is 24.0. The van der Waals surface area contributed by atoms with Gasteiger partial charge in [0.05, 0.1) is 0 Å². The Balaban J connectivity index is 3.09. The van der Waals surface area contributed by atoms with E-state index in [0.717, 1.165) is 13.0 Å². The maximum atomic E-state index is 9.94. The van der Waals surface area contributed by atoms with Gasteiger partial charge in [-0.25, -0.2) is 0 Å². The lowest BCUT2D eigenvalue weighted by atomic mass is 10.0. The zero-order valence-electron chi connectivity index (χ0n) is 19.1. The molecule has 2 heteroatoms. The molecule has 164 valence electrons. The Morgan fingerprint density at radius 1 is 0.481 bits per heavy atom. The first-order valence-electron chi connectivity index (χ1n) is 12.7. The zero-order chi connectivity index (χ0) is 19.8. The van der Waals surface area contributed by atoms with Crippen LogP contribution in [0, 0.1) is 0 Å². The van der Waals surface area contributed by atoms with Gasteiger partial charge < -0.3 is 5.11 Å². The van der Waals surface area contributed by atoms with Crippen molar-refractivity contribution in [2.75, 3.05) is 6.54 Å². The average molecular weight is 384 g/mol. The second-order valence-corrected chi connectivity index (χ2v) is 8.62. The van der Waals surface area contributed by atoms with E-state index in [9.17, 15) is 5.11 Å². The van der Waals surface area contributed by atoms with Crippen molar-refractivity contribution in [1.29, 1.82) is 0 Å². The van der Waals surface area contributed by atoms with Crippen LogP contribution in [0.5, 0.6) is 0 Å². The first kappa shape index (κ1) is 26.9. The summed E-state index contributed by atoms with van der Waals surface area (Å²) in [5.74, 6) is 0. The molecule has 0 aromatic heterocycles. The van der Waals surface area contributed by atoms with Gasteiger partial charge >= 0.3 is 0 Å². The highest BCUT2D eigenvalue weighted by Crippen LogP contribution is 2.14. The van der Waals surface area contributed by atoms with E-state index in [-0.39, 0.29) is 6.23 Å². The van der Waals surface area contributed by atoms with Gasteiger partial charge in [-0.3, -0.25) is 5.32 Å². The number of hydrogen-bond acceptors (Lipinski definition) is 2. The number of aliphatic hydroxyl groups is 1. The van der Waals surface area contributed by atoms with Crippen molar-refractivity contribution >= 4 is 0 Å². The van der Waals surface area contributed by atoms with E-state index in [4.69, 9.17) is 0 Å². The third-order valence-corrected chi connectivity index (χ3v) is 5.74. The molecule has 0 aromatic carbocycles. The summed E-state index contributed by atoms with van der Waals surface area (Å²) in [6, 6.07) is 0. The third kappa shape index (κ3) is 23.9. The maximum absolute atomic E-state index is 9.94. The van der Waals surface area contributed by atoms with E-state index in [2.05, 4.69) is 19.2 Å². The minimum atomic E-state index is -0.279. The Bertz CT molecular complexity index is 257. The SMILES string of the molecule is CCCCCCCCCCCCCCCCCC(O)NCCCCCCC. The molecule has 0 saturated carbocycles. The molecule has 0 aliphatic heterocycles. The van der Waals surface area contributed by atoms with Gasteiger partial charge in [0.2, 0.25) is 0 Å². The number of hydrogen-bond donors (Lipinski definition) is 2. The van der Waals surface area contributed by atoms with Gasteiger partial charge in [-0.15, -0.1) is 0 Å². The quantitative estimate of drug-likeness (QED) is 0.138. The van der Waals surface area contributed by atoms with Crippen LogP contribution in [0.1, 0.15) is 149 Å². The molecule has 1 atom stereocenters. The van der Waals surface area contributed by atoms with Gasteiger partial charge in [0.25, 0.3) is 0 Å². The molecule has 0 amide bonds. The molecule has 27 heavy (non-hydrogen) atoms. The number of rotatable bonds is 23. The Morgan fingerprint density at radius 2 is 0.815 bits per heavy atom. The van der Waals surface area contributed by atoms with E-state index in [1.165, 1.54) is 128 Å². The molecule has 0 fully saturated rings. The van der Waals surface area contributed by atoms with Crippen LogP contribution in [0.3, 0.4) is 0 Å². The van der Waals surface area contributed by atoms with E-state index in [1.807, 2.05) is 0 Å². The predicted molar refractivity (Wildman–Crippen MR) is 122 cm³/mol. The molecule has 0 heterocycles. The van der Waals surface area contributed by atoms with Gasteiger partial charge in [0.1, 0.15) is 6.23 Å². The molecule has 0 radical (unpaired) electrons. The molecule has 2 nitrogen and oxygen atoms in total. The number of nitrogens with one attached hydrogen (secondary N) is 1. The topological polar surface area (TPSA) is 32.3 Å². The number of unbranched alkanes of at least 4 members (excludes halogenated alkanes) is 18. The lowest BCUT2D eigenvalue weighted by Crippen LogP contribution is -2.29. The van der Waals surface area contributed by atoms with Gasteiger partial charge in [-0.05, 0) is 25.8 Å². The minimum absolute atomic E-state index is 0.279. The fourth-order valence-corrected chi connectivity index (χ4v) is 3.81. The normalized spacial score (nSPS) is 12.6. The molecule has 0 aromatic rings. The maximum Gasteiger partial charge on any atom is 0.104 e. The van der Waals surface area contributed by atoms with Crippen molar-refractivity contribution in [3.63, 3.8) is 0 Å². The summed E-state index contributed by atoms with van der Waals surface area (Å²) in [4.78, 5) is 0. The van der Waals surface area contributed by atoms with Crippen molar-refractivity contribution < 1.29 is 5.11 Å². The summed E-state index contributed by atoms with van der Waals surface area (Å²) in [6.07, 6.45) is 28.1. The molecule has 0 spiro atoms. The lowest BCUT2D eigenvalue weighted by Gasteiger charge is -2.12. The smallest absolute Gasteiger partial charge is 0.104 e. The van der Waals surface area contributed by atoms with Crippen molar-refractivity contribution in [3.8, 4) is 0 Å². The summed E-state index contributed by atoms with van der Waals surface area (Å²) in [7, 11) is 0. The van der Waals surface area contributed by atoms with E-state index in [1.54, 1.807) is 0 Å². The van der Waals surface area contributed by atoms with Gasteiger partial charge in [-0.2, -0.15) is 0 Å². The predicted octanol–water partition coefficient (Wildman–Crippen LogP) is 8.13. The Hall–Kier alpha value is -0.0800. The van der Waals surface area contributed by atoms with E-state index in [0.29, 0.717) is 0 Å². The molecule has 0 saturated heterocycles. The molecule has 1 unspecified atom stereocenters. The third-order valence-electron chi connectivity index (χ3n) is 5.74. The van der Waals surface area contributed by atoms with Crippen LogP contribution in [0.15, 0.2) is 0 Å². The number of aliphatic hydroxyl groups excluding tert-OH is 1. The second-order valence-electron chi connectivity index (χ2n) is 8.62. The largest absolute Gasteiger partial charge is 0.379 e. The summed E-state index contributed by atoms with van der Waals surface area (Å²) in [5.41, 5.74) is 0. The van der Waals surface area contributed by atoms with Crippen molar-refractivity contribution in [2.45, 2.75) is 155 Å². The van der Waals surface area contributed by atoms with E-state index >= 15 is 0 Å². The molecular formula is C25H53NO. The van der Waals surface area contributed by atoms with Gasteiger partial charge in [0.15, 0.2) is 0 Å². The van der Waals surface area contributed by atoms with Crippen LogP contribution in [-0.4, -0.2) is 17.9 Å². The summed E-state index contributed by atoms with van der Waals surface area (Å²) < 4.78 is 0. The molecular weight excluding hydrogens is 330 g/mol. The van der Waals surface area contributed by atoms with Crippen LogP contribution in [0.2, 0.25) is 0 Å². The summed E-state index contributed by atoms with van der Waals surface area (Å²) in [6.45, 7) is 5.51. The highest BCUT2D eigenvalue weighted by atomic mass is 16.3. The average Bonchev–Trinajstić information content (AvgIpc) is 2.67. The molecule has 0 aliphatic carbocycles. The Labute approximate surface area is 172 Å². The molecule has 0 rings (SSSR count). The van der Waals surface area contributed by atoms with Crippen LogP contribution in [-0.2, 0) is 0 Å². The highest BCUT2D eigenvalue weighted by molar-refractivity contribution is 4.56. The van der Waals surface area contributed by atoms with Gasteiger partial charge in [-0.1, -0.05) is 129 Å². The first-order valence-corrected chi connectivity index (χ1v) is 12.7. The highest BCUT2D eigenvalue weighted by Gasteiger charge is 2.02. The van der Waals surface area contributed by atoms with Crippen LogP contribution in [0.4, 0.5) is 0 Å². The minimum Gasteiger partial charge on any atom is -0.379 e. The molecule has 2 N–H and O–H groups in total.